The lowest BCUT2D eigenvalue weighted by Crippen LogP contribution is -2.30. The molecule has 5 nitrogen and oxygen atoms in total. The van der Waals surface area contributed by atoms with E-state index in [2.05, 4.69) is 5.32 Å². The molecule has 0 heterocycles. The van der Waals surface area contributed by atoms with Crippen LogP contribution in [0.4, 0.5) is 0 Å². The molecule has 2 aromatic rings. The lowest BCUT2D eigenvalue weighted by molar-refractivity contribution is -0.124. The Morgan fingerprint density at radius 3 is 2.44 bits per heavy atom. The zero-order chi connectivity index (χ0) is 18.2. The van der Waals surface area contributed by atoms with Gasteiger partial charge in [0.05, 0.1) is 12.7 Å². The van der Waals surface area contributed by atoms with Crippen LogP contribution in [0.5, 0.6) is 5.75 Å². The molecule has 25 heavy (non-hydrogen) atoms. The number of amides is 1. The van der Waals surface area contributed by atoms with Crippen LogP contribution in [0.2, 0.25) is 0 Å². The summed E-state index contributed by atoms with van der Waals surface area (Å²) in [6.07, 6.45) is 0.695. The van der Waals surface area contributed by atoms with Crippen molar-refractivity contribution in [3.05, 3.63) is 64.7 Å². The summed E-state index contributed by atoms with van der Waals surface area (Å²) in [5, 5.41) is 2.75. The van der Waals surface area contributed by atoms with Gasteiger partial charge in [-0.2, -0.15) is 0 Å². The first-order valence-corrected chi connectivity index (χ1v) is 8.14. The number of carbonyl (C=O) groups is 2. The molecule has 0 aromatic heterocycles. The maximum Gasteiger partial charge on any atom is 0.338 e. The van der Waals surface area contributed by atoms with E-state index in [0.29, 0.717) is 18.5 Å². The predicted molar refractivity (Wildman–Crippen MR) is 95.9 cm³/mol. The lowest BCUT2D eigenvalue weighted by atomic mass is 10.0. The van der Waals surface area contributed by atoms with Gasteiger partial charge in [-0.25, -0.2) is 4.79 Å². The summed E-state index contributed by atoms with van der Waals surface area (Å²) < 4.78 is 10.2. The van der Waals surface area contributed by atoms with Gasteiger partial charge < -0.3 is 14.8 Å². The Morgan fingerprint density at radius 1 is 1.04 bits per heavy atom. The molecule has 1 N–H and O–H groups in total. The first-order chi connectivity index (χ1) is 12.0. The van der Waals surface area contributed by atoms with Crippen molar-refractivity contribution in [1.82, 2.24) is 5.32 Å². The van der Waals surface area contributed by atoms with Crippen LogP contribution < -0.4 is 10.1 Å². The van der Waals surface area contributed by atoms with Crippen LogP contribution in [-0.4, -0.2) is 32.1 Å². The number of aryl methyl sites for hydroxylation is 1. The topological polar surface area (TPSA) is 64.6 Å². The zero-order valence-corrected chi connectivity index (χ0v) is 14.8. The van der Waals surface area contributed by atoms with E-state index < -0.39 is 5.97 Å². The average Bonchev–Trinajstić information content (AvgIpc) is 2.62. The molecule has 0 unspecified atom stereocenters. The number of ether oxygens (including phenoxy) is 2. The van der Waals surface area contributed by atoms with Gasteiger partial charge in [-0.1, -0.05) is 24.3 Å². The normalized spacial score (nSPS) is 10.2. The molecule has 0 aliphatic carbocycles. The van der Waals surface area contributed by atoms with E-state index >= 15 is 0 Å². The average molecular weight is 341 g/mol. The minimum Gasteiger partial charge on any atom is -0.497 e. The molecule has 0 atom stereocenters. The van der Waals surface area contributed by atoms with Gasteiger partial charge in [0.2, 0.25) is 0 Å². The van der Waals surface area contributed by atoms with Gasteiger partial charge in [0.15, 0.2) is 6.61 Å². The van der Waals surface area contributed by atoms with Crippen molar-refractivity contribution < 1.29 is 19.1 Å². The van der Waals surface area contributed by atoms with Crippen molar-refractivity contribution in [3.8, 4) is 5.75 Å². The van der Waals surface area contributed by atoms with Gasteiger partial charge in [-0.3, -0.25) is 4.79 Å². The van der Waals surface area contributed by atoms with Crippen molar-refractivity contribution in [2.24, 2.45) is 0 Å². The highest BCUT2D eigenvalue weighted by atomic mass is 16.5. The smallest absolute Gasteiger partial charge is 0.338 e. The van der Waals surface area contributed by atoms with E-state index in [1.54, 1.807) is 19.2 Å². The number of nitrogens with one attached hydrogen (secondary N) is 1. The molecule has 5 heteroatoms. The van der Waals surface area contributed by atoms with Crippen molar-refractivity contribution in [3.63, 3.8) is 0 Å². The molecule has 0 radical (unpaired) electrons. The lowest BCUT2D eigenvalue weighted by Gasteiger charge is -2.09. The summed E-state index contributed by atoms with van der Waals surface area (Å²) in [6.45, 7) is 3.99. The Labute approximate surface area is 148 Å². The molecule has 0 fully saturated rings. The molecule has 0 aliphatic rings. The van der Waals surface area contributed by atoms with Crippen LogP contribution in [0.3, 0.4) is 0 Å². The van der Waals surface area contributed by atoms with Gasteiger partial charge in [0, 0.05) is 6.54 Å². The maximum absolute atomic E-state index is 12.1. The number of hydrogen-bond donors (Lipinski definition) is 1. The summed E-state index contributed by atoms with van der Waals surface area (Å²) in [5.74, 6) is 0.00446. The molecular weight excluding hydrogens is 318 g/mol. The third-order valence-corrected chi connectivity index (χ3v) is 4.05. The summed E-state index contributed by atoms with van der Waals surface area (Å²) in [6, 6.07) is 13.1. The molecular formula is C20H23NO4. The monoisotopic (exact) mass is 341 g/mol. The Balaban J connectivity index is 1.74. The van der Waals surface area contributed by atoms with E-state index in [1.165, 1.54) is 0 Å². The molecule has 132 valence electrons. The highest BCUT2D eigenvalue weighted by Crippen LogP contribution is 2.14. The SMILES string of the molecule is COc1ccc(CCNC(=O)COC(=O)c2cccc(C)c2C)cc1. The van der Waals surface area contributed by atoms with E-state index in [9.17, 15) is 9.59 Å². The van der Waals surface area contributed by atoms with E-state index in [-0.39, 0.29) is 12.5 Å². The first-order valence-electron chi connectivity index (χ1n) is 8.14. The number of rotatable bonds is 7. The number of benzene rings is 2. The van der Waals surface area contributed by atoms with Gasteiger partial charge in [-0.05, 0) is 55.2 Å². The third-order valence-electron chi connectivity index (χ3n) is 4.05. The fraction of sp³-hybridized carbons (Fsp3) is 0.300. The molecule has 0 saturated carbocycles. The summed E-state index contributed by atoms with van der Waals surface area (Å²) >= 11 is 0. The summed E-state index contributed by atoms with van der Waals surface area (Å²) in [7, 11) is 1.62. The summed E-state index contributed by atoms with van der Waals surface area (Å²) in [5.41, 5.74) is 3.46. The summed E-state index contributed by atoms with van der Waals surface area (Å²) in [4.78, 5) is 23.9. The van der Waals surface area contributed by atoms with Gasteiger partial charge >= 0.3 is 5.97 Å². The standard InChI is InChI=1S/C20H23NO4/c1-14-5-4-6-18(15(14)2)20(23)25-13-19(22)21-12-11-16-7-9-17(24-3)10-8-16/h4-10H,11-13H2,1-3H3,(H,21,22). The van der Waals surface area contributed by atoms with Crippen molar-refractivity contribution >= 4 is 11.9 Å². The first kappa shape index (κ1) is 18.5. The quantitative estimate of drug-likeness (QED) is 0.787. The largest absolute Gasteiger partial charge is 0.497 e. The molecule has 2 aromatic carbocycles. The van der Waals surface area contributed by atoms with E-state index in [4.69, 9.17) is 9.47 Å². The Morgan fingerprint density at radius 2 is 1.76 bits per heavy atom. The van der Waals surface area contributed by atoms with Crippen LogP contribution in [0.1, 0.15) is 27.0 Å². The van der Waals surface area contributed by atoms with Crippen LogP contribution in [0.15, 0.2) is 42.5 Å². The number of carbonyl (C=O) groups excluding carboxylic acids is 2. The second-order valence-corrected chi connectivity index (χ2v) is 5.77. The molecule has 0 saturated heterocycles. The highest BCUT2D eigenvalue weighted by molar-refractivity contribution is 5.93. The molecule has 1 amide bonds. The Bertz CT molecular complexity index is 738. The van der Waals surface area contributed by atoms with E-state index in [1.807, 2.05) is 44.2 Å². The van der Waals surface area contributed by atoms with Crippen LogP contribution in [0, 0.1) is 13.8 Å². The molecule has 0 spiro atoms. The zero-order valence-electron chi connectivity index (χ0n) is 14.8. The second-order valence-electron chi connectivity index (χ2n) is 5.77. The van der Waals surface area contributed by atoms with Crippen LogP contribution in [0.25, 0.3) is 0 Å². The van der Waals surface area contributed by atoms with Gasteiger partial charge in [0.25, 0.3) is 5.91 Å². The van der Waals surface area contributed by atoms with E-state index in [0.717, 1.165) is 22.4 Å². The number of esters is 1. The van der Waals surface area contributed by atoms with Crippen LogP contribution >= 0.6 is 0 Å². The Hall–Kier alpha value is -2.82. The predicted octanol–water partition coefficient (Wildman–Crippen LogP) is 2.83. The maximum atomic E-state index is 12.1. The van der Waals surface area contributed by atoms with Gasteiger partial charge in [0.1, 0.15) is 5.75 Å². The second kappa shape index (κ2) is 8.87. The fourth-order valence-corrected chi connectivity index (χ4v) is 2.37. The number of methoxy groups -OCH3 is 1. The van der Waals surface area contributed by atoms with Crippen molar-refractivity contribution in [2.45, 2.75) is 20.3 Å². The third kappa shape index (κ3) is 5.35. The molecule has 0 aliphatic heterocycles. The minimum absolute atomic E-state index is 0.283. The van der Waals surface area contributed by atoms with Crippen LogP contribution in [-0.2, 0) is 16.0 Å². The fourth-order valence-electron chi connectivity index (χ4n) is 2.37. The minimum atomic E-state index is -0.480. The number of hydrogen-bond acceptors (Lipinski definition) is 4. The van der Waals surface area contributed by atoms with Gasteiger partial charge in [-0.15, -0.1) is 0 Å². The van der Waals surface area contributed by atoms with Crippen molar-refractivity contribution in [1.29, 1.82) is 0 Å². The highest BCUT2D eigenvalue weighted by Gasteiger charge is 2.13. The molecule has 0 bridgehead atoms. The Kier molecular flexibility index (Phi) is 6.57. The molecule has 2 rings (SSSR count). The van der Waals surface area contributed by atoms with Crippen molar-refractivity contribution in [2.75, 3.05) is 20.3 Å².